The lowest BCUT2D eigenvalue weighted by molar-refractivity contribution is -0.137. The van der Waals surface area contributed by atoms with Gasteiger partial charge >= 0.3 is 6.09 Å². The summed E-state index contributed by atoms with van der Waals surface area (Å²) in [6.45, 7) is 12.3. The molecule has 3 unspecified atom stereocenters. The Morgan fingerprint density at radius 3 is 2.65 bits per heavy atom. The fraction of sp³-hybridized carbons (Fsp3) is 0.655. The maximum Gasteiger partial charge on any atom is 0.410 e. The lowest BCUT2D eigenvalue weighted by Gasteiger charge is -2.37. The number of methoxy groups -OCH3 is 1. The Bertz CT molecular complexity index is 996. The second-order valence-corrected chi connectivity index (χ2v) is 11.6. The number of nitrogens with zero attached hydrogens (tertiary/aromatic N) is 3. The first kappa shape index (κ1) is 31.5. The Morgan fingerprint density at radius 1 is 1.25 bits per heavy atom. The predicted octanol–water partition coefficient (Wildman–Crippen LogP) is 3.28. The van der Waals surface area contributed by atoms with Gasteiger partial charge < -0.3 is 34.2 Å². The molecule has 0 aromatic heterocycles. The normalized spacial score (nSPS) is 21.4. The highest BCUT2D eigenvalue weighted by atomic mass is 16.6. The van der Waals surface area contributed by atoms with E-state index in [1.807, 2.05) is 68.1 Å². The van der Waals surface area contributed by atoms with Gasteiger partial charge in [0.05, 0.1) is 51.3 Å². The SMILES string of the molecule is COc1ccc(COCC(C)N2CC(C)C(CN(C)C(=O)OC(C)(C)C)OCC3=CNNN3CCCC2=O)cc1. The maximum absolute atomic E-state index is 13.5. The molecule has 1 aromatic rings. The van der Waals surface area contributed by atoms with Crippen molar-refractivity contribution in [3.63, 3.8) is 0 Å². The molecule has 0 bridgehead atoms. The molecule has 2 aliphatic rings. The quantitative estimate of drug-likeness (QED) is 0.495. The van der Waals surface area contributed by atoms with E-state index in [2.05, 4.69) is 17.9 Å². The molecule has 2 amide bonds. The molecule has 1 aromatic carbocycles. The van der Waals surface area contributed by atoms with Crippen molar-refractivity contribution >= 4 is 12.0 Å². The Labute approximate surface area is 238 Å². The van der Waals surface area contributed by atoms with E-state index in [0.29, 0.717) is 52.3 Å². The van der Waals surface area contributed by atoms with Crippen LogP contribution in [0.2, 0.25) is 0 Å². The third-order valence-electron chi connectivity index (χ3n) is 6.92. The van der Waals surface area contributed by atoms with Gasteiger partial charge in [-0.15, -0.1) is 5.53 Å². The van der Waals surface area contributed by atoms with E-state index in [4.69, 9.17) is 18.9 Å². The summed E-state index contributed by atoms with van der Waals surface area (Å²) < 4.78 is 23.2. The van der Waals surface area contributed by atoms with Gasteiger partial charge in [0.1, 0.15) is 11.4 Å². The molecule has 3 atom stereocenters. The van der Waals surface area contributed by atoms with Crippen LogP contribution < -0.4 is 15.7 Å². The molecule has 0 saturated carbocycles. The number of likely N-dealkylation sites (N-methyl/N-ethyl adjacent to an activating group) is 1. The first-order valence-electron chi connectivity index (χ1n) is 14.0. The highest BCUT2D eigenvalue weighted by Crippen LogP contribution is 2.20. The van der Waals surface area contributed by atoms with E-state index < -0.39 is 11.7 Å². The van der Waals surface area contributed by atoms with E-state index in [-0.39, 0.29) is 24.0 Å². The number of amides is 2. The molecule has 1 saturated heterocycles. The summed E-state index contributed by atoms with van der Waals surface area (Å²) >= 11 is 0. The lowest BCUT2D eigenvalue weighted by atomic mass is 10.0. The lowest BCUT2D eigenvalue weighted by Crippen LogP contribution is -2.49. The van der Waals surface area contributed by atoms with Crippen LogP contribution in [0, 0.1) is 5.92 Å². The van der Waals surface area contributed by atoms with Crippen LogP contribution in [-0.4, -0.2) is 91.6 Å². The summed E-state index contributed by atoms with van der Waals surface area (Å²) in [6, 6.07) is 7.62. The molecule has 2 N–H and O–H groups in total. The zero-order valence-electron chi connectivity index (χ0n) is 25.1. The third kappa shape index (κ3) is 9.57. The van der Waals surface area contributed by atoms with Gasteiger partial charge in [-0.05, 0) is 51.8 Å². The van der Waals surface area contributed by atoms with Crippen LogP contribution in [0.5, 0.6) is 5.75 Å². The van der Waals surface area contributed by atoms with Gasteiger partial charge in [-0.3, -0.25) is 9.80 Å². The van der Waals surface area contributed by atoms with Crippen molar-refractivity contribution in [3.05, 3.63) is 41.7 Å². The Hall–Kier alpha value is -3.02. The molecule has 0 spiro atoms. The van der Waals surface area contributed by atoms with Crippen LogP contribution in [0.1, 0.15) is 53.0 Å². The predicted molar refractivity (Wildman–Crippen MR) is 152 cm³/mol. The molecule has 2 heterocycles. The zero-order chi connectivity index (χ0) is 29.3. The van der Waals surface area contributed by atoms with Crippen molar-refractivity contribution < 1.29 is 28.5 Å². The molecule has 3 rings (SSSR count). The second kappa shape index (κ2) is 14.6. The molecule has 1 fully saturated rings. The van der Waals surface area contributed by atoms with Gasteiger partial charge in [0, 0.05) is 38.7 Å². The fourth-order valence-corrected chi connectivity index (χ4v) is 4.58. The minimum absolute atomic E-state index is 0.0614. The van der Waals surface area contributed by atoms with Crippen molar-refractivity contribution in [2.45, 2.75) is 71.8 Å². The van der Waals surface area contributed by atoms with E-state index >= 15 is 0 Å². The van der Waals surface area contributed by atoms with Gasteiger partial charge in [0.15, 0.2) is 0 Å². The van der Waals surface area contributed by atoms with Gasteiger partial charge in [0.25, 0.3) is 0 Å². The number of hydrogen-bond acceptors (Lipinski definition) is 9. The third-order valence-corrected chi connectivity index (χ3v) is 6.92. The smallest absolute Gasteiger partial charge is 0.410 e. The van der Waals surface area contributed by atoms with E-state index in [9.17, 15) is 9.59 Å². The van der Waals surface area contributed by atoms with Crippen LogP contribution in [0.15, 0.2) is 36.2 Å². The summed E-state index contributed by atoms with van der Waals surface area (Å²) in [4.78, 5) is 29.6. The number of nitrogens with one attached hydrogen (secondary N) is 2. The van der Waals surface area contributed by atoms with Gasteiger partial charge in [0.2, 0.25) is 5.91 Å². The van der Waals surface area contributed by atoms with Crippen LogP contribution >= 0.6 is 0 Å². The van der Waals surface area contributed by atoms with Crippen LogP contribution in [0.25, 0.3) is 0 Å². The summed E-state index contributed by atoms with van der Waals surface area (Å²) in [5.74, 6) is 0.811. The number of hydrazine groups is 2. The summed E-state index contributed by atoms with van der Waals surface area (Å²) in [5.41, 5.74) is 7.50. The summed E-state index contributed by atoms with van der Waals surface area (Å²) in [6.07, 6.45) is 2.24. The number of ether oxygens (including phenoxy) is 4. The average Bonchev–Trinajstić information content (AvgIpc) is 3.35. The minimum Gasteiger partial charge on any atom is -0.497 e. The minimum atomic E-state index is -0.596. The molecular formula is C29H47N5O6. The molecule has 2 aliphatic heterocycles. The highest BCUT2D eigenvalue weighted by molar-refractivity contribution is 5.76. The van der Waals surface area contributed by atoms with Crippen molar-refractivity contribution in [2.24, 2.45) is 5.92 Å². The van der Waals surface area contributed by atoms with Crippen LogP contribution in [0.3, 0.4) is 0 Å². The largest absolute Gasteiger partial charge is 0.497 e. The molecule has 0 aliphatic carbocycles. The second-order valence-electron chi connectivity index (χ2n) is 11.6. The van der Waals surface area contributed by atoms with Crippen LogP contribution in [0.4, 0.5) is 4.79 Å². The molecule has 40 heavy (non-hydrogen) atoms. The van der Waals surface area contributed by atoms with E-state index in [1.165, 1.54) is 0 Å². The average molecular weight is 562 g/mol. The number of benzene rings is 1. The summed E-state index contributed by atoms with van der Waals surface area (Å²) in [7, 11) is 3.35. The Balaban J connectivity index is 1.70. The molecule has 11 nitrogen and oxygen atoms in total. The number of carbonyl (C=O) groups excluding carboxylic acids is 2. The van der Waals surface area contributed by atoms with E-state index in [0.717, 1.165) is 17.0 Å². The molecule has 0 radical (unpaired) electrons. The number of carbonyl (C=O) groups is 2. The first-order chi connectivity index (χ1) is 19.0. The molecular weight excluding hydrogens is 514 g/mol. The molecule has 224 valence electrons. The van der Waals surface area contributed by atoms with Gasteiger partial charge in [-0.1, -0.05) is 19.1 Å². The van der Waals surface area contributed by atoms with Crippen LogP contribution in [-0.2, 0) is 25.6 Å². The van der Waals surface area contributed by atoms with Crippen molar-refractivity contribution in [2.75, 3.05) is 47.0 Å². The number of rotatable bonds is 8. The van der Waals surface area contributed by atoms with Crippen molar-refractivity contribution in [3.8, 4) is 5.75 Å². The molecule has 11 heteroatoms. The number of fused-ring (bicyclic) bond motifs is 1. The zero-order valence-corrected chi connectivity index (χ0v) is 25.1. The highest BCUT2D eigenvalue weighted by Gasteiger charge is 2.31. The fourth-order valence-electron chi connectivity index (χ4n) is 4.58. The van der Waals surface area contributed by atoms with Crippen molar-refractivity contribution in [1.29, 1.82) is 0 Å². The Kier molecular flexibility index (Phi) is 11.5. The Morgan fingerprint density at radius 2 is 1.98 bits per heavy atom. The van der Waals surface area contributed by atoms with Gasteiger partial charge in [-0.2, -0.15) is 0 Å². The monoisotopic (exact) mass is 561 g/mol. The first-order valence-corrected chi connectivity index (χ1v) is 14.0. The van der Waals surface area contributed by atoms with Gasteiger partial charge in [-0.25, -0.2) is 4.79 Å². The topological polar surface area (TPSA) is 105 Å². The standard InChI is InChI=1S/C29H47N5O6/c1-21-16-33(22(2)18-38-19-23-10-12-25(37-7)13-11-23)27(35)9-8-14-34-24(15-30-31-34)20-39-26(21)17-32(6)28(36)40-29(3,4)5/h10-13,15,21-22,26,30-31H,8-9,14,16-20H2,1-7H3. The number of hydrogen-bond donors (Lipinski definition) is 2. The van der Waals surface area contributed by atoms with E-state index in [1.54, 1.807) is 19.1 Å². The summed E-state index contributed by atoms with van der Waals surface area (Å²) in [5, 5.41) is 1.96. The van der Waals surface area contributed by atoms with Crippen molar-refractivity contribution in [1.82, 2.24) is 25.8 Å². The maximum atomic E-state index is 13.5.